The maximum Gasteiger partial charge on any atom is 0.387 e. The SMILES string of the molecule is CC(CN)C(=O)NCc1ccc(OC(F)F)cc1. The van der Waals surface area contributed by atoms with Crippen molar-refractivity contribution in [3.05, 3.63) is 29.8 Å². The van der Waals surface area contributed by atoms with Crippen LogP contribution in [0.5, 0.6) is 5.75 Å². The summed E-state index contributed by atoms with van der Waals surface area (Å²) < 4.78 is 28.0. The fraction of sp³-hybridized carbons (Fsp3) is 0.417. The zero-order valence-corrected chi connectivity index (χ0v) is 10.0. The van der Waals surface area contributed by atoms with Crippen LogP contribution in [0.4, 0.5) is 8.78 Å². The normalized spacial score (nSPS) is 12.3. The van der Waals surface area contributed by atoms with Crippen LogP contribution in [0.3, 0.4) is 0 Å². The van der Waals surface area contributed by atoms with Crippen LogP contribution in [-0.4, -0.2) is 19.1 Å². The van der Waals surface area contributed by atoms with Gasteiger partial charge in [-0.05, 0) is 17.7 Å². The molecule has 0 bridgehead atoms. The van der Waals surface area contributed by atoms with Crippen LogP contribution in [0.25, 0.3) is 0 Å². The first-order valence-electron chi connectivity index (χ1n) is 5.54. The lowest BCUT2D eigenvalue weighted by Gasteiger charge is -2.10. The number of benzene rings is 1. The van der Waals surface area contributed by atoms with Gasteiger partial charge in [-0.25, -0.2) is 0 Å². The van der Waals surface area contributed by atoms with E-state index in [0.29, 0.717) is 6.54 Å². The molecule has 3 N–H and O–H groups in total. The largest absolute Gasteiger partial charge is 0.435 e. The molecule has 0 radical (unpaired) electrons. The minimum atomic E-state index is -2.83. The molecule has 1 amide bonds. The second kappa shape index (κ2) is 6.90. The molecule has 0 aromatic heterocycles. The lowest BCUT2D eigenvalue weighted by Crippen LogP contribution is -2.32. The zero-order valence-electron chi connectivity index (χ0n) is 10.0. The van der Waals surface area contributed by atoms with E-state index in [1.54, 1.807) is 19.1 Å². The Morgan fingerprint density at radius 3 is 2.50 bits per heavy atom. The second-order valence-electron chi connectivity index (χ2n) is 3.88. The highest BCUT2D eigenvalue weighted by atomic mass is 19.3. The lowest BCUT2D eigenvalue weighted by atomic mass is 10.1. The molecular weight excluding hydrogens is 242 g/mol. The van der Waals surface area contributed by atoms with Gasteiger partial charge in [0.2, 0.25) is 5.91 Å². The smallest absolute Gasteiger partial charge is 0.387 e. The van der Waals surface area contributed by atoms with Crippen molar-refractivity contribution in [2.45, 2.75) is 20.1 Å². The number of carbonyl (C=O) groups is 1. The fourth-order valence-electron chi connectivity index (χ4n) is 1.26. The third-order valence-corrected chi connectivity index (χ3v) is 2.42. The standard InChI is InChI=1S/C12H16F2N2O2/c1-8(6-15)11(17)16-7-9-2-4-10(5-3-9)18-12(13)14/h2-5,8,12H,6-7,15H2,1H3,(H,16,17). The van der Waals surface area contributed by atoms with E-state index in [1.807, 2.05) is 0 Å². The van der Waals surface area contributed by atoms with Gasteiger partial charge in [0.1, 0.15) is 5.75 Å². The summed E-state index contributed by atoms with van der Waals surface area (Å²) in [7, 11) is 0. The van der Waals surface area contributed by atoms with Crippen molar-refractivity contribution in [3.8, 4) is 5.75 Å². The predicted molar refractivity (Wildman–Crippen MR) is 63.1 cm³/mol. The molecule has 18 heavy (non-hydrogen) atoms. The molecule has 0 saturated heterocycles. The average molecular weight is 258 g/mol. The van der Waals surface area contributed by atoms with Gasteiger partial charge in [-0.15, -0.1) is 0 Å². The lowest BCUT2D eigenvalue weighted by molar-refractivity contribution is -0.124. The Labute approximate surface area is 104 Å². The quantitative estimate of drug-likeness (QED) is 0.812. The fourth-order valence-corrected chi connectivity index (χ4v) is 1.26. The summed E-state index contributed by atoms with van der Waals surface area (Å²) in [6.45, 7) is -0.485. The molecule has 0 aliphatic heterocycles. The second-order valence-corrected chi connectivity index (χ2v) is 3.88. The number of alkyl halides is 2. The third kappa shape index (κ3) is 4.67. The van der Waals surface area contributed by atoms with Crippen LogP contribution in [-0.2, 0) is 11.3 Å². The molecule has 0 spiro atoms. The molecule has 100 valence electrons. The summed E-state index contributed by atoms with van der Waals surface area (Å²) in [5.74, 6) is -0.285. The Kier molecular flexibility index (Phi) is 5.51. The summed E-state index contributed by atoms with van der Waals surface area (Å²) in [5, 5.41) is 2.70. The maximum absolute atomic E-state index is 11.9. The molecule has 0 saturated carbocycles. The van der Waals surface area contributed by atoms with Crippen molar-refractivity contribution in [2.24, 2.45) is 11.7 Å². The van der Waals surface area contributed by atoms with E-state index in [2.05, 4.69) is 10.1 Å². The van der Waals surface area contributed by atoms with Gasteiger partial charge >= 0.3 is 6.61 Å². The molecule has 1 aromatic rings. The minimum Gasteiger partial charge on any atom is -0.435 e. The van der Waals surface area contributed by atoms with Gasteiger partial charge in [0.25, 0.3) is 0 Å². The average Bonchev–Trinajstić information content (AvgIpc) is 2.36. The Balaban J connectivity index is 2.46. The molecule has 6 heteroatoms. The Hall–Kier alpha value is -1.69. The van der Waals surface area contributed by atoms with Crippen LogP contribution in [0, 0.1) is 5.92 Å². The monoisotopic (exact) mass is 258 g/mol. The highest BCUT2D eigenvalue weighted by Crippen LogP contribution is 2.14. The van der Waals surface area contributed by atoms with Gasteiger partial charge in [0.05, 0.1) is 0 Å². The van der Waals surface area contributed by atoms with Crippen LogP contribution in [0.15, 0.2) is 24.3 Å². The number of nitrogens with two attached hydrogens (primary N) is 1. The Morgan fingerprint density at radius 2 is 2.00 bits per heavy atom. The molecular formula is C12H16F2N2O2. The number of halogens is 2. The van der Waals surface area contributed by atoms with E-state index in [1.165, 1.54) is 12.1 Å². The number of ether oxygens (including phenoxy) is 1. The molecule has 0 fully saturated rings. The number of hydrogen-bond donors (Lipinski definition) is 2. The first kappa shape index (κ1) is 14.4. The molecule has 1 aromatic carbocycles. The number of amides is 1. The minimum absolute atomic E-state index is 0.0930. The molecule has 4 nitrogen and oxygen atoms in total. The van der Waals surface area contributed by atoms with Crippen LogP contribution >= 0.6 is 0 Å². The third-order valence-electron chi connectivity index (χ3n) is 2.42. The highest BCUT2D eigenvalue weighted by molar-refractivity contribution is 5.78. The van der Waals surface area contributed by atoms with Crippen LogP contribution in [0.1, 0.15) is 12.5 Å². The van der Waals surface area contributed by atoms with E-state index in [9.17, 15) is 13.6 Å². The molecule has 1 atom stereocenters. The number of nitrogens with one attached hydrogen (secondary N) is 1. The van der Waals surface area contributed by atoms with Crippen molar-refractivity contribution in [1.29, 1.82) is 0 Å². The van der Waals surface area contributed by atoms with Gasteiger partial charge in [0, 0.05) is 19.0 Å². The van der Waals surface area contributed by atoms with E-state index >= 15 is 0 Å². The number of rotatable bonds is 6. The van der Waals surface area contributed by atoms with Gasteiger partial charge in [0.15, 0.2) is 0 Å². The number of hydrogen-bond acceptors (Lipinski definition) is 3. The molecule has 0 heterocycles. The zero-order chi connectivity index (χ0) is 13.5. The molecule has 0 aliphatic rings. The van der Waals surface area contributed by atoms with Crippen LogP contribution < -0.4 is 15.8 Å². The van der Waals surface area contributed by atoms with Crippen molar-refractivity contribution in [2.75, 3.05) is 6.54 Å². The topological polar surface area (TPSA) is 64.4 Å². The summed E-state index contributed by atoms with van der Waals surface area (Å²) in [5.41, 5.74) is 6.16. The summed E-state index contributed by atoms with van der Waals surface area (Å²) in [6.07, 6.45) is 0. The first-order chi connectivity index (χ1) is 8.52. The summed E-state index contributed by atoms with van der Waals surface area (Å²) in [6, 6.07) is 6.09. The van der Waals surface area contributed by atoms with E-state index in [-0.39, 0.29) is 24.1 Å². The van der Waals surface area contributed by atoms with Gasteiger partial charge in [-0.3, -0.25) is 4.79 Å². The van der Waals surface area contributed by atoms with Crippen LogP contribution in [0.2, 0.25) is 0 Å². The van der Waals surface area contributed by atoms with E-state index in [4.69, 9.17) is 5.73 Å². The van der Waals surface area contributed by atoms with Gasteiger partial charge in [-0.2, -0.15) is 8.78 Å². The van der Waals surface area contributed by atoms with E-state index < -0.39 is 6.61 Å². The summed E-state index contributed by atoms with van der Waals surface area (Å²) in [4.78, 5) is 11.4. The van der Waals surface area contributed by atoms with Crippen molar-refractivity contribution < 1.29 is 18.3 Å². The Morgan fingerprint density at radius 1 is 1.39 bits per heavy atom. The van der Waals surface area contributed by atoms with Gasteiger partial charge in [-0.1, -0.05) is 19.1 Å². The van der Waals surface area contributed by atoms with Gasteiger partial charge < -0.3 is 15.8 Å². The highest BCUT2D eigenvalue weighted by Gasteiger charge is 2.10. The first-order valence-corrected chi connectivity index (χ1v) is 5.54. The molecule has 0 aliphatic carbocycles. The molecule has 1 rings (SSSR count). The van der Waals surface area contributed by atoms with Crippen molar-refractivity contribution in [3.63, 3.8) is 0 Å². The van der Waals surface area contributed by atoms with Crippen molar-refractivity contribution >= 4 is 5.91 Å². The Bertz CT molecular complexity index is 382. The number of carbonyl (C=O) groups excluding carboxylic acids is 1. The van der Waals surface area contributed by atoms with E-state index in [0.717, 1.165) is 5.56 Å². The predicted octanol–water partition coefficient (Wildman–Crippen LogP) is 1.50. The molecule has 1 unspecified atom stereocenters. The van der Waals surface area contributed by atoms with Crippen molar-refractivity contribution in [1.82, 2.24) is 5.32 Å². The summed E-state index contributed by atoms with van der Waals surface area (Å²) >= 11 is 0. The maximum atomic E-state index is 11.9.